The highest BCUT2D eigenvalue weighted by Crippen LogP contribution is 2.45. The number of benzene rings is 2. The van der Waals surface area contributed by atoms with Crippen molar-refractivity contribution in [1.82, 2.24) is 4.90 Å². The zero-order valence-electron chi connectivity index (χ0n) is 18.0. The van der Waals surface area contributed by atoms with E-state index in [-0.39, 0.29) is 12.3 Å². The number of rotatable bonds is 7. The van der Waals surface area contributed by atoms with Gasteiger partial charge in [0, 0.05) is 18.2 Å². The van der Waals surface area contributed by atoms with E-state index in [2.05, 4.69) is 0 Å². The van der Waals surface area contributed by atoms with Crippen molar-refractivity contribution in [2.45, 2.75) is 23.9 Å². The zero-order valence-corrected chi connectivity index (χ0v) is 18.8. The quantitative estimate of drug-likeness (QED) is 0.466. The summed E-state index contributed by atoms with van der Waals surface area (Å²) in [6, 6.07) is 18.5. The normalized spacial score (nSPS) is 22.0. The molecule has 9 heteroatoms. The number of aliphatic hydroxyl groups excluding tert-OH is 1. The van der Waals surface area contributed by atoms with Gasteiger partial charge < -0.3 is 20.3 Å². The summed E-state index contributed by atoms with van der Waals surface area (Å²) in [5, 5.41) is 9.06. The highest BCUT2D eigenvalue weighted by molar-refractivity contribution is 8.00. The summed E-state index contributed by atoms with van der Waals surface area (Å²) in [6.07, 6.45) is -0.716. The third-order valence-electron chi connectivity index (χ3n) is 5.62. The van der Waals surface area contributed by atoms with Gasteiger partial charge >= 0.3 is 11.9 Å². The van der Waals surface area contributed by atoms with Crippen LogP contribution in [0, 0.1) is 0 Å². The average Bonchev–Trinajstić information content (AvgIpc) is 2.85. The second-order valence-electron chi connectivity index (χ2n) is 7.88. The summed E-state index contributed by atoms with van der Waals surface area (Å²) in [5.41, 5.74) is 6.61. The second kappa shape index (κ2) is 9.38. The molecule has 0 bridgehead atoms. The maximum atomic E-state index is 13.5. The number of amides is 1. The van der Waals surface area contributed by atoms with Crippen LogP contribution in [0.3, 0.4) is 0 Å². The van der Waals surface area contributed by atoms with E-state index in [1.165, 1.54) is 23.6 Å². The van der Waals surface area contributed by atoms with Crippen LogP contribution in [0.1, 0.15) is 24.2 Å². The number of aliphatic hydroxyl groups is 1. The molecule has 1 amide bonds. The molecule has 2 heterocycles. The lowest BCUT2D eigenvalue weighted by Gasteiger charge is -2.55. The number of esters is 2. The van der Waals surface area contributed by atoms with Crippen LogP contribution in [0.4, 0.5) is 0 Å². The predicted molar refractivity (Wildman–Crippen MR) is 122 cm³/mol. The van der Waals surface area contributed by atoms with Crippen molar-refractivity contribution in [3.05, 3.63) is 83.1 Å². The first-order valence-corrected chi connectivity index (χ1v) is 11.4. The molecular weight excluding hydrogens is 444 g/mol. The maximum Gasteiger partial charge on any atom is 0.356 e. The highest BCUT2D eigenvalue weighted by atomic mass is 32.2. The van der Waals surface area contributed by atoms with Crippen LogP contribution in [-0.4, -0.2) is 57.7 Å². The summed E-state index contributed by atoms with van der Waals surface area (Å²) >= 11 is 1.30. The van der Waals surface area contributed by atoms with E-state index in [0.29, 0.717) is 11.3 Å². The number of carbonyl (C=O) groups is 3. The Hall–Kier alpha value is -3.14. The molecule has 0 aromatic heterocycles. The summed E-state index contributed by atoms with van der Waals surface area (Å²) in [6.45, 7) is 0.573. The number of ether oxygens (including phenoxy) is 2. The van der Waals surface area contributed by atoms with Gasteiger partial charge in [0.15, 0.2) is 6.10 Å². The Morgan fingerprint density at radius 1 is 1.15 bits per heavy atom. The first kappa shape index (κ1) is 23.0. The molecule has 1 fully saturated rings. The smallest absolute Gasteiger partial charge is 0.356 e. The van der Waals surface area contributed by atoms with Crippen molar-refractivity contribution >= 4 is 29.6 Å². The van der Waals surface area contributed by atoms with Crippen molar-refractivity contribution in [2.24, 2.45) is 5.73 Å². The van der Waals surface area contributed by atoms with E-state index in [4.69, 9.17) is 15.2 Å². The van der Waals surface area contributed by atoms with E-state index in [9.17, 15) is 19.5 Å². The topological polar surface area (TPSA) is 119 Å². The van der Waals surface area contributed by atoms with Crippen molar-refractivity contribution in [3.63, 3.8) is 0 Å². The molecule has 33 heavy (non-hydrogen) atoms. The molecule has 0 aliphatic carbocycles. The van der Waals surface area contributed by atoms with E-state index < -0.39 is 41.5 Å². The lowest BCUT2D eigenvalue weighted by Crippen LogP contribution is -2.79. The molecule has 4 rings (SSSR count). The van der Waals surface area contributed by atoms with Gasteiger partial charge in [0.05, 0.1) is 6.61 Å². The number of thioether (sulfide) groups is 1. The molecule has 2 atom stereocenters. The van der Waals surface area contributed by atoms with Crippen molar-refractivity contribution in [3.8, 4) is 0 Å². The number of nitrogens with zero attached hydrogens (tertiary/aromatic N) is 1. The van der Waals surface area contributed by atoms with E-state index in [0.717, 1.165) is 11.1 Å². The molecule has 0 unspecified atom stereocenters. The molecule has 2 aromatic rings. The summed E-state index contributed by atoms with van der Waals surface area (Å²) in [7, 11) is 0. The lowest BCUT2D eigenvalue weighted by molar-refractivity contribution is -0.160. The molecule has 172 valence electrons. The van der Waals surface area contributed by atoms with Crippen molar-refractivity contribution in [1.29, 1.82) is 0 Å². The van der Waals surface area contributed by atoms with E-state index in [1.54, 1.807) is 0 Å². The van der Waals surface area contributed by atoms with Gasteiger partial charge in [0.1, 0.15) is 23.2 Å². The molecule has 2 aliphatic heterocycles. The minimum absolute atomic E-state index is 0.0105. The Morgan fingerprint density at radius 2 is 1.73 bits per heavy atom. The fraction of sp³-hybridized carbons (Fsp3) is 0.292. The van der Waals surface area contributed by atoms with Crippen LogP contribution < -0.4 is 5.73 Å². The van der Waals surface area contributed by atoms with Crippen LogP contribution in [0.5, 0.6) is 0 Å². The first-order chi connectivity index (χ1) is 15.9. The molecule has 2 aromatic carbocycles. The third-order valence-corrected chi connectivity index (χ3v) is 7.08. The number of hydrogen-bond donors (Lipinski definition) is 2. The van der Waals surface area contributed by atoms with Crippen LogP contribution >= 0.6 is 11.8 Å². The summed E-state index contributed by atoms with van der Waals surface area (Å²) in [5.74, 6) is -1.52. The van der Waals surface area contributed by atoms with Gasteiger partial charge in [-0.3, -0.25) is 14.5 Å². The highest BCUT2D eigenvalue weighted by Gasteiger charge is 2.62. The Kier molecular flexibility index (Phi) is 6.55. The number of β-lactam (4-membered cyclic amide) rings is 1. The van der Waals surface area contributed by atoms with Crippen LogP contribution in [0.25, 0.3) is 0 Å². The van der Waals surface area contributed by atoms with Gasteiger partial charge in [-0.1, -0.05) is 60.7 Å². The van der Waals surface area contributed by atoms with Crippen molar-refractivity contribution in [2.75, 3.05) is 19.0 Å². The molecular formula is C24H24N2O6S. The summed E-state index contributed by atoms with van der Waals surface area (Å²) < 4.78 is 11.1. The minimum atomic E-state index is -1.47. The van der Waals surface area contributed by atoms with Gasteiger partial charge in [-0.05, 0) is 11.1 Å². The number of fused-ring (bicyclic) bond motifs is 1. The third kappa shape index (κ3) is 4.27. The van der Waals surface area contributed by atoms with Crippen molar-refractivity contribution < 1.29 is 29.0 Å². The zero-order chi connectivity index (χ0) is 23.6. The van der Waals surface area contributed by atoms with Gasteiger partial charge in [0.25, 0.3) is 5.91 Å². The maximum absolute atomic E-state index is 13.5. The first-order valence-electron chi connectivity index (χ1n) is 10.4. The molecule has 2 aliphatic rings. The molecule has 1 saturated heterocycles. The van der Waals surface area contributed by atoms with Crippen LogP contribution in [-0.2, 0) is 23.9 Å². The number of nitrogens with two attached hydrogens (primary N) is 1. The SMILES string of the molecule is CC(=O)OCC1=C(C(=O)OC(c2ccccc2)c2ccccc2)N2C(=O)[C@](N)(CO)[C@H]2SC1. The summed E-state index contributed by atoms with van der Waals surface area (Å²) in [4.78, 5) is 39.0. The number of carbonyl (C=O) groups excluding carboxylic acids is 3. The molecule has 0 saturated carbocycles. The lowest BCUT2D eigenvalue weighted by atomic mass is 9.88. The molecule has 0 spiro atoms. The molecule has 0 radical (unpaired) electrons. The fourth-order valence-electron chi connectivity index (χ4n) is 3.90. The largest absolute Gasteiger partial charge is 0.461 e. The standard InChI is InChI=1S/C24H24N2O6S/c1-15(28)31-12-18-13-33-23-24(25,14-27)22(30)26(23)19(18)21(29)32-20(16-8-4-2-5-9-16)17-10-6-3-7-11-17/h2-11,20,23,27H,12-14,25H2,1H3/t23-,24-/m1/s1. The second-order valence-corrected chi connectivity index (χ2v) is 8.94. The minimum Gasteiger partial charge on any atom is -0.461 e. The average molecular weight is 469 g/mol. The predicted octanol–water partition coefficient (Wildman–Crippen LogP) is 1.74. The molecule has 8 nitrogen and oxygen atoms in total. The van der Waals surface area contributed by atoms with Gasteiger partial charge in [-0.25, -0.2) is 4.79 Å². The Bertz CT molecular complexity index is 1050. The Balaban J connectivity index is 1.70. The Morgan fingerprint density at radius 3 is 2.24 bits per heavy atom. The van der Waals surface area contributed by atoms with Gasteiger partial charge in [-0.15, -0.1) is 11.8 Å². The van der Waals surface area contributed by atoms with Crippen LogP contribution in [0.15, 0.2) is 71.9 Å². The van der Waals surface area contributed by atoms with Crippen LogP contribution in [0.2, 0.25) is 0 Å². The van der Waals surface area contributed by atoms with Gasteiger partial charge in [-0.2, -0.15) is 0 Å². The van der Waals surface area contributed by atoms with E-state index >= 15 is 0 Å². The van der Waals surface area contributed by atoms with E-state index in [1.807, 2.05) is 60.7 Å². The number of hydrogen-bond acceptors (Lipinski definition) is 8. The Labute approximate surface area is 195 Å². The molecule has 3 N–H and O–H groups in total. The monoisotopic (exact) mass is 468 g/mol. The fourth-order valence-corrected chi connectivity index (χ4v) is 5.30. The van der Waals surface area contributed by atoms with Gasteiger partial charge in [0.2, 0.25) is 0 Å².